The first-order chi connectivity index (χ1) is 6.86. The summed E-state index contributed by atoms with van der Waals surface area (Å²) in [7, 11) is 0. The molecule has 1 fully saturated rings. The van der Waals surface area contributed by atoms with E-state index >= 15 is 0 Å². The van der Waals surface area contributed by atoms with Gasteiger partial charge in [0.2, 0.25) is 0 Å². The summed E-state index contributed by atoms with van der Waals surface area (Å²) in [4.78, 5) is 0. The minimum atomic E-state index is -0.188. The van der Waals surface area contributed by atoms with Crippen molar-refractivity contribution < 1.29 is 5.11 Å². The molecule has 1 aliphatic rings. The van der Waals surface area contributed by atoms with Crippen LogP contribution in [0.4, 0.5) is 0 Å². The van der Waals surface area contributed by atoms with Crippen LogP contribution in [-0.2, 0) is 6.54 Å². The lowest BCUT2D eigenvalue weighted by molar-refractivity contribution is 0.148. The van der Waals surface area contributed by atoms with E-state index in [9.17, 15) is 5.11 Å². The third kappa shape index (κ3) is 2.27. The van der Waals surface area contributed by atoms with Crippen molar-refractivity contribution in [2.75, 3.05) is 0 Å². The van der Waals surface area contributed by atoms with Crippen molar-refractivity contribution in [1.29, 1.82) is 0 Å². The highest BCUT2D eigenvalue weighted by Gasteiger charge is 2.24. The molecule has 0 saturated heterocycles. The van der Waals surface area contributed by atoms with Crippen LogP contribution in [0.1, 0.15) is 25.0 Å². The summed E-state index contributed by atoms with van der Waals surface area (Å²) in [5.74, 6) is 0. The lowest BCUT2D eigenvalue weighted by Gasteiger charge is -2.15. The number of nitrogens with one attached hydrogen (secondary N) is 1. The summed E-state index contributed by atoms with van der Waals surface area (Å²) in [6.07, 6.45) is 4.55. The SMILES string of the molecule is O[C@H]1CCC[C@@H]1NCc1cccnn1. The Kier molecular flexibility index (Phi) is 3.06. The van der Waals surface area contributed by atoms with E-state index in [4.69, 9.17) is 0 Å². The molecule has 4 nitrogen and oxygen atoms in total. The smallest absolute Gasteiger partial charge is 0.0769 e. The van der Waals surface area contributed by atoms with Crippen molar-refractivity contribution in [3.05, 3.63) is 24.0 Å². The quantitative estimate of drug-likeness (QED) is 0.733. The second-order valence-corrected chi connectivity index (χ2v) is 3.70. The summed E-state index contributed by atoms with van der Waals surface area (Å²) in [5.41, 5.74) is 0.923. The molecular formula is C10H15N3O. The number of aromatic nitrogens is 2. The molecule has 0 amide bonds. The fraction of sp³-hybridized carbons (Fsp3) is 0.600. The Morgan fingerprint density at radius 2 is 2.43 bits per heavy atom. The third-order valence-corrected chi connectivity index (χ3v) is 2.65. The maximum Gasteiger partial charge on any atom is 0.0769 e. The number of rotatable bonds is 3. The Labute approximate surface area is 83.4 Å². The topological polar surface area (TPSA) is 58.0 Å². The molecule has 0 unspecified atom stereocenters. The molecule has 0 bridgehead atoms. The van der Waals surface area contributed by atoms with E-state index in [1.165, 1.54) is 0 Å². The Bertz CT molecular complexity index is 278. The van der Waals surface area contributed by atoms with Crippen LogP contribution in [0.3, 0.4) is 0 Å². The Morgan fingerprint density at radius 3 is 3.07 bits per heavy atom. The van der Waals surface area contributed by atoms with Gasteiger partial charge in [0.15, 0.2) is 0 Å². The largest absolute Gasteiger partial charge is 0.392 e. The second kappa shape index (κ2) is 4.48. The molecule has 0 aliphatic heterocycles. The van der Waals surface area contributed by atoms with E-state index in [-0.39, 0.29) is 12.1 Å². The summed E-state index contributed by atoms with van der Waals surface area (Å²) in [6, 6.07) is 4.04. The number of nitrogens with zero attached hydrogens (tertiary/aromatic N) is 2. The Balaban J connectivity index is 1.82. The van der Waals surface area contributed by atoms with Crippen LogP contribution >= 0.6 is 0 Å². The van der Waals surface area contributed by atoms with Crippen LogP contribution in [0, 0.1) is 0 Å². The van der Waals surface area contributed by atoms with Crippen molar-refractivity contribution in [3.63, 3.8) is 0 Å². The van der Waals surface area contributed by atoms with E-state index in [0.29, 0.717) is 6.54 Å². The van der Waals surface area contributed by atoms with Crippen LogP contribution in [0.25, 0.3) is 0 Å². The lowest BCUT2D eigenvalue weighted by Crippen LogP contribution is -2.35. The number of aliphatic hydroxyl groups is 1. The van der Waals surface area contributed by atoms with E-state index in [1.54, 1.807) is 6.20 Å². The Morgan fingerprint density at radius 1 is 1.50 bits per heavy atom. The molecule has 1 aromatic heterocycles. The molecule has 2 rings (SSSR count). The molecule has 2 atom stereocenters. The summed E-state index contributed by atoms with van der Waals surface area (Å²) < 4.78 is 0. The highest BCUT2D eigenvalue weighted by atomic mass is 16.3. The maximum atomic E-state index is 9.57. The molecule has 14 heavy (non-hydrogen) atoms. The van der Waals surface area contributed by atoms with Gasteiger partial charge in [-0.05, 0) is 31.4 Å². The Hall–Kier alpha value is -1.00. The van der Waals surface area contributed by atoms with Gasteiger partial charge in [-0.3, -0.25) is 0 Å². The predicted molar refractivity (Wildman–Crippen MR) is 52.5 cm³/mol. The molecule has 1 aromatic rings. The molecule has 1 saturated carbocycles. The third-order valence-electron chi connectivity index (χ3n) is 2.65. The fourth-order valence-corrected chi connectivity index (χ4v) is 1.84. The van der Waals surface area contributed by atoms with Crippen LogP contribution in [-0.4, -0.2) is 27.4 Å². The standard InChI is InChI=1S/C10H15N3O/c14-10-5-1-4-9(10)11-7-8-3-2-6-12-13-8/h2-3,6,9-11,14H,1,4-5,7H2/t9-,10-/m0/s1. The van der Waals surface area contributed by atoms with Crippen LogP contribution < -0.4 is 5.32 Å². The van der Waals surface area contributed by atoms with Gasteiger partial charge in [-0.1, -0.05) is 0 Å². The molecule has 0 spiro atoms. The molecule has 2 N–H and O–H groups in total. The van der Waals surface area contributed by atoms with Crippen molar-refractivity contribution in [3.8, 4) is 0 Å². The molecule has 76 valence electrons. The predicted octanol–water partition coefficient (Wildman–Crippen LogP) is 0.480. The van der Waals surface area contributed by atoms with Crippen LogP contribution in [0.2, 0.25) is 0 Å². The molecule has 0 radical (unpaired) electrons. The van der Waals surface area contributed by atoms with Crippen molar-refractivity contribution in [2.24, 2.45) is 0 Å². The number of hydrogen-bond acceptors (Lipinski definition) is 4. The second-order valence-electron chi connectivity index (χ2n) is 3.70. The van der Waals surface area contributed by atoms with Gasteiger partial charge < -0.3 is 10.4 Å². The van der Waals surface area contributed by atoms with Crippen LogP contribution in [0.5, 0.6) is 0 Å². The molecular weight excluding hydrogens is 178 g/mol. The minimum absolute atomic E-state index is 0.188. The molecule has 4 heteroatoms. The van der Waals surface area contributed by atoms with Crippen molar-refractivity contribution in [1.82, 2.24) is 15.5 Å². The maximum absolute atomic E-state index is 9.57. The average Bonchev–Trinajstić information content (AvgIpc) is 2.63. The highest BCUT2D eigenvalue weighted by Crippen LogP contribution is 2.18. The van der Waals surface area contributed by atoms with E-state index in [2.05, 4.69) is 15.5 Å². The van der Waals surface area contributed by atoms with Gasteiger partial charge in [0, 0.05) is 18.8 Å². The van der Waals surface area contributed by atoms with Gasteiger partial charge in [-0.25, -0.2) is 0 Å². The molecule has 0 aromatic carbocycles. The van der Waals surface area contributed by atoms with Gasteiger partial charge in [-0.15, -0.1) is 0 Å². The zero-order chi connectivity index (χ0) is 9.80. The number of hydrogen-bond donors (Lipinski definition) is 2. The van der Waals surface area contributed by atoms with Gasteiger partial charge in [0.25, 0.3) is 0 Å². The fourth-order valence-electron chi connectivity index (χ4n) is 1.84. The zero-order valence-electron chi connectivity index (χ0n) is 8.06. The average molecular weight is 193 g/mol. The molecule has 1 aliphatic carbocycles. The first-order valence-corrected chi connectivity index (χ1v) is 5.04. The first-order valence-electron chi connectivity index (χ1n) is 5.04. The van der Waals surface area contributed by atoms with E-state index in [0.717, 1.165) is 25.0 Å². The summed E-state index contributed by atoms with van der Waals surface area (Å²) in [6.45, 7) is 0.690. The summed E-state index contributed by atoms with van der Waals surface area (Å²) in [5, 5.41) is 20.6. The van der Waals surface area contributed by atoms with Gasteiger partial charge in [0.05, 0.1) is 11.8 Å². The minimum Gasteiger partial charge on any atom is -0.392 e. The first kappa shape index (κ1) is 9.55. The number of aliphatic hydroxyl groups excluding tert-OH is 1. The van der Waals surface area contributed by atoms with Gasteiger partial charge in [0.1, 0.15) is 0 Å². The lowest BCUT2D eigenvalue weighted by atomic mass is 10.2. The molecule has 1 heterocycles. The van der Waals surface area contributed by atoms with Gasteiger partial charge in [-0.2, -0.15) is 10.2 Å². The summed E-state index contributed by atoms with van der Waals surface area (Å²) >= 11 is 0. The highest BCUT2D eigenvalue weighted by molar-refractivity contribution is 4.99. The van der Waals surface area contributed by atoms with E-state index < -0.39 is 0 Å². The van der Waals surface area contributed by atoms with Crippen molar-refractivity contribution >= 4 is 0 Å². The van der Waals surface area contributed by atoms with Crippen LogP contribution in [0.15, 0.2) is 18.3 Å². The zero-order valence-corrected chi connectivity index (χ0v) is 8.06. The monoisotopic (exact) mass is 193 g/mol. The normalized spacial score (nSPS) is 26.6. The van der Waals surface area contributed by atoms with Crippen molar-refractivity contribution in [2.45, 2.75) is 38.0 Å². The van der Waals surface area contributed by atoms with Gasteiger partial charge >= 0.3 is 0 Å². The van der Waals surface area contributed by atoms with E-state index in [1.807, 2.05) is 12.1 Å².